The molecule has 0 radical (unpaired) electrons. The number of carbonyl (C=O) groups excluding carboxylic acids is 1. The van der Waals surface area contributed by atoms with Gasteiger partial charge < -0.3 is 14.5 Å². The molecule has 3 aromatic rings. The van der Waals surface area contributed by atoms with E-state index in [4.69, 9.17) is 9.63 Å². The number of benzene rings is 2. The molecule has 1 N–H and O–H groups in total. The Balaban J connectivity index is 1.61. The van der Waals surface area contributed by atoms with Crippen molar-refractivity contribution in [2.45, 2.75) is 13.3 Å². The monoisotopic (exact) mass is 365 g/mol. The predicted octanol–water partition coefficient (Wildman–Crippen LogP) is 3.06. The van der Waals surface area contributed by atoms with Crippen LogP contribution in [0, 0.1) is 6.92 Å². The first kappa shape index (κ1) is 18.3. The minimum absolute atomic E-state index is 0.0667. The van der Waals surface area contributed by atoms with Crippen LogP contribution in [-0.4, -0.2) is 45.6 Å². The Morgan fingerprint density at radius 1 is 1.04 bits per heavy atom. The van der Waals surface area contributed by atoms with Crippen molar-refractivity contribution in [2.75, 3.05) is 13.6 Å². The normalized spacial score (nSPS) is 10.6. The number of amides is 1. The van der Waals surface area contributed by atoms with Crippen molar-refractivity contribution in [3.63, 3.8) is 0 Å². The Hall–Kier alpha value is -3.48. The van der Waals surface area contributed by atoms with Gasteiger partial charge in [-0.15, -0.1) is 0 Å². The van der Waals surface area contributed by atoms with E-state index in [1.54, 1.807) is 36.2 Å². The standard InChI is InChI=1S/C20H19N3O4/c1-13-3-5-15(6-4-13)19(24)23(2)12-11-17-21-18(27-22-17)14-7-9-16(10-8-14)20(25)26/h3-10H,11-12H2,1-2H3,(H,25,26). The fourth-order valence-electron chi connectivity index (χ4n) is 2.51. The van der Waals surface area contributed by atoms with E-state index < -0.39 is 5.97 Å². The highest BCUT2D eigenvalue weighted by atomic mass is 16.5. The Morgan fingerprint density at radius 3 is 2.30 bits per heavy atom. The molecule has 0 saturated heterocycles. The molecule has 0 bridgehead atoms. The van der Waals surface area contributed by atoms with Gasteiger partial charge in [-0.1, -0.05) is 22.9 Å². The maximum atomic E-state index is 12.4. The largest absolute Gasteiger partial charge is 0.478 e. The van der Waals surface area contributed by atoms with Crippen molar-refractivity contribution in [1.82, 2.24) is 15.0 Å². The van der Waals surface area contributed by atoms with Crippen LogP contribution in [0.1, 0.15) is 32.1 Å². The summed E-state index contributed by atoms with van der Waals surface area (Å²) >= 11 is 0. The fourth-order valence-corrected chi connectivity index (χ4v) is 2.51. The number of hydrogen-bond donors (Lipinski definition) is 1. The van der Waals surface area contributed by atoms with Gasteiger partial charge >= 0.3 is 5.97 Å². The summed E-state index contributed by atoms with van der Waals surface area (Å²) in [5, 5.41) is 12.9. The second-order valence-electron chi connectivity index (χ2n) is 6.24. The number of carboxylic acids is 1. The Morgan fingerprint density at radius 2 is 1.67 bits per heavy atom. The number of carboxylic acid groups (broad SMARTS) is 1. The van der Waals surface area contributed by atoms with Crippen LogP contribution in [0.4, 0.5) is 0 Å². The molecule has 0 atom stereocenters. The summed E-state index contributed by atoms with van der Waals surface area (Å²) in [4.78, 5) is 29.2. The number of aryl methyl sites for hydroxylation is 1. The maximum absolute atomic E-state index is 12.4. The molecule has 3 rings (SSSR count). The molecule has 0 saturated carbocycles. The molecule has 1 heterocycles. The summed E-state index contributed by atoms with van der Waals surface area (Å²) in [6, 6.07) is 13.6. The molecule has 7 heteroatoms. The van der Waals surface area contributed by atoms with Gasteiger partial charge in [0.25, 0.3) is 11.8 Å². The van der Waals surface area contributed by atoms with Gasteiger partial charge in [-0.05, 0) is 43.3 Å². The third-order valence-corrected chi connectivity index (χ3v) is 4.16. The summed E-state index contributed by atoms with van der Waals surface area (Å²) < 4.78 is 5.23. The SMILES string of the molecule is Cc1ccc(C(=O)N(C)CCc2noc(-c3ccc(C(=O)O)cc3)n2)cc1. The second-order valence-corrected chi connectivity index (χ2v) is 6.24. The number of hydrogen-bond acceptors (Lipinski definition) is 5. The number of nitrogens with zero attached hydrogens (tertiary/aromatic N) is 3. The van der Waals surface area contributed by atoms with Crippen LogP contribution in [0.5, 0.6) is 0 Å². The third kappa shape index (κ3) is 4.38. The molecule has 0 aliphatic carbocycles. The van der Waals surface area contributed by atoms with E-state index in [1.165, 1.54) is 12.1 Å². The molecule has 2 aromatic carbocycles. The van der Waals surface area contributed by atoms with Crippen LogP contribution in [-0.2, 0) is 6.42 Å². The lowest BCUT2D eigenvalue weighted by atomic mass is 10.1. The lowest BCUT2D eigenvalue weighted by Crippen LogP contribution is -2.29. The quantitative estimate of drug-likeness (QED) is 0.721. The van der Waals surface area contributed by atoms with Gasteiger partial charge in [0, 0.05) is 31.1 Å². The van der Waals surface area contributed by atoms with Crippen molar-refractivity contribution >= 4 is 11.9 Å². The minimum atomic E-state index is -0.992. The van der Waals surface area contributed by atoms with Gasteiger partial charge in [-0.25, -0.2) is 4.79 Å². The fraction of sp³-hybridized carbons (Fsp3) is 0.200. The summed E-state index contributed by atoms with van der Waals surface area (Å²) in [7, 11) is 1.73. The number of aromatic nitrogens is 2. The maximum Gasteiger partial charge on any atom is 0.335 e. The molecule has 0 fully saturated rings. The first-order chi connectivity index (χ1) is 12.9. The van der Waals surface area contributed by atoms with Crippen molar-refractivity contribution in [2.24, 2.45) is 0 Å². The van der Waals surface area contributed by atoms with Gasteiger partial charge in [0.2, 0.25) is 0 Å². The second kappa shape index (κ2) is 7.82. The molecule has 0 aliphatic heterocycles. The summed E-state index contributed by atoms with van der Waals surface area (Å²) in [5.41, 5.74) is 2.57. The average molecular weight is 365 g/mol. The zero-order valence-corrected chi connectivity index (χ0v) is 15.0. The molecule has 7 nitrogen and oxygen atoms in total. The Kier molecular flexibility index (Phi) is 5.30. The zero-order valence-electron chi connectivity index (χ0n) is 15.0. The number of aromatic carboxylic acids is 1. The third-order valence-electron chi connectivity index (χ3n) is 4.16. The molecule has 138 valence electrons. The van der Waals surface area contributed by atoms with E-state index in [-0.39, 0.29) is 11.5 Å². The minimum Gasteiger partial charge on any atom is -0.478 e. The first-order valence-corrected chi connectivity index (χ1v) is 8.42. The molecule has 0 unspecified atom stereocenters. The van der Waals surface area contributed by atoms with E-state index in [2.05, 4.69) is 10.1 Å². The van der Waals surface area contributed by atoms with Gasteiger partial charge in [0.1, 0.15) is 0 Å². The van der Waals surface area contributed by atoms with Gasteiger partial charge in [-0.3, -0.25) is 4.79 Å². The van der Waals surface area contributed by atoms with Gasteiger partial charge in [-0.2, -0.15) is 4.98 Å². The topological polar surface area (TPSA) is 96.5 Å². The molecular weight excluding hydrogens is 346 g/mol. The van der Waals surface area contributed by atoms with E-state index in [9.17, 15) is 9.59 Å². The highest BCUT2D eigenvalue weighted by Crippen LogP contribution is 2.18. The lowest BCUT2D eigenvalue weighted by molar-refractivity contribution is 0.0696. The van der Waals surface area contributed by atoms with Crippen LogP contribution in [0.3, 0.4) is 0 Å². The van der Waals surface area contributed by atoms with Gasteiger partial charge in [0.05, 0.1) is 5.56 Å². The van der Waals surface area contributed by atoms with Gasteiger partial charge in [0.15, 0.2) is 5.82 Å². The highest BCUT2D eigenvalue weighted by Gasteiger charge is 2.14. The molecule has 1 aromatic heterocycles. The zero-order chi connectivity index (χ0) is 19.4. The lowest BCUT2D eigenvalue weighted by Gasteiger charge is -2.16. The summed E-state index contributed by atoms with van der Waals surface area (Å²) in [6.07, 6.45) is 0.449. The van der Waals surface area contributed by atoms with Crippen molar-refractivity contribution in [1.29, 1.82) is 0 Å². The van der Waals surface area contributed by atoms with Crippen molar-refractivity contribution in [3.05, 3.63) is 71.0 Å². The molecule has 1 amide bonds. The van der Waals surface area contributed by atoms with Crippen LogP contribution in [0.25, 0.3) is 11.5 Å². The molecule has 0 spiro atoms. The van der Waals surface area contributed by atoms with E-state index >= 15 is 0 Å². The molecule has 27 heavy (non-hydrogen) atoms. The number of likely N-dealkylation sites (N-methyl/N-ethyl adjacent to an activating group) is 1. The van der Waals surface area contributed by atoms with Crippen molar-refractivity contribution in [3.8, 4) is 11.5 Å². The Labute approximate surface area is 156 Å². The summed E-state index contributed by atoms with van der Waals surface area (Å²) in [6.45, 7) is 2.42. The highest BCUT2D eigenvalue weighted by molar-refractivity contribution is 5.94. The van der Waals surface area contributed by atoms with Crippen molar-refractivity contribution < 1.29 is 19.2 Å². The smallest absolute Gasteiger partial charge is 0.335 e. The summed E-state index contributed by atoms with van der Waals surface area (Å²) in [5.74, 6) is -0.262. The van der Waals surface area contributed by atoms with Crippen LogP contribution in [0.15, 0.2) is 53.1 Å². The van der Waals surface area contributed by atoms with E-state index in [0.29, 0.717) is 35.8 Å². The Bertz CT molecular complexity index is 946. The number of rotatable bonds is 6. The van der Waals surface area contributed by atoms with E-state index in [1.807, 2.05) is 19.1 Å². The van der Waals surface area contributed by atoms with Crippen LogP contribution >= 0.6 is 0 Å². The molecular formula is C20H19N3O4. The van der Waals surface area contributed by atoms with Crippen LogP contribution < -0.4 is 0 Å². The number of carbonyl (C=O) groups is 2. The first-order valence-electron chi connectivity index (χ1n) is 8.42. The average Bonchev–Trinajstić information content (AvgIpc) is 3.15. The molecule has 0 aliphatic rings. The van der Waals surface area contributed by atoms with Crippen LogP contribution in [0.2, 0.25) is 0 Å². The van der Waals surface area contributed by atoms with E-state index in [0.717, 1.165) is 5.56 Å². The predicted molar refractivity (Wildman–Crippen MR) is 98.5 cm³/mol.